The van der Waals surface area contributed by atoms with E-state index in [0.29, 0.717) is 55.7 Å². The highest BCUT2D eigenvalue weighted by molar-refractivity contribution is 7.89. The number of hydrogen-bond donors (Lipinski definition) is 0. The Bertz CT molecular complexity index is 2570. The smallest absolute Gasteiger partial charge is 0.244 e. The van der Waals surface area contributed by atoms with Gasteiger partial charge in [-0.2, -0.15) is 8.61 Å². The number of anilines is 2. The van der Waals surface area contributed by atoms with Crippen LogP contribution in [0.3, 0.4) is 0 Å². The van der Waals surface area contributed by atoms with Gasteiger partial charge in [0.15, 0.2) is 21.9 Å². The molecular formula is C40H36Cl4F2N6O4S4. The highest BCUT2D eigenvalue weighted by atomic mass is 35.5. The molecule has 0 aliphatic carbocycles. The minimum atomic E-state index is -3.77. The van der Waals surface area contributed by atoms with Gasteiger partial charge in [0.2, 0.25) is 20.0 Å². The fourth-order valence-electron chi connectivity index (χ4n) is 6.52. The van der Waals surface area contributed by atoms with Crippen molar-refractivity contribution in [1.82, 2.24) is 18.6 Å². The zero-order valence-corrected chi connectivity index (χ0v) is 38.2. The molecule has 0 atom stereocenters. The predicted molar refractivity (Wildman–Crippen MR) is 239 cm³/mol. The second kappa shape index (κ2) is 18.5. The average molecular weight is 973 g/mol. The Morgan fingerprint density at radius 3 is 1.42 bits per heavy atom. The maximum atomic E-state index is 13.5. The van der Waals surface area contributed by atoms with E-state index >= 15 is 0 Å². The van der Waals surface area contributed by atoms with Crippen LogP contribution in [0.25, 0.3) is 22.5 Å². The molecule has 8 rings (SSSR count). The van der Waals surface area contributed by atoms with Crippen molar-refractivity contribution in [3.05, 3.63) is 126 Å². The largest absolute Gasteiger partial charge is 0.345 e. The zero-order chi connectivity index (χ0) is 42.9. The minimum absolute atomic E-state index is 0.0118. The van der Waals surface area contributed by atoms with Gasteiger partial charge < -0.3 is 9.80 Å². The molecule has 2 saturated heterocycles. The van der Waals surface area contributed by atoms with Gasteiger partial charge in [-0.05, 0) is 73.5 Å². The Kier molecular flexibility index (Phi) is 13.8. The third-order valence-electron chi connectivity index (χ3n) is 10.1. The van der Waals surface area contributed by atoms with Crippen molar-refractivity contribution in [3.8, 4) is 22.5 Å². The number of aryl methyl sites for hydroxylation is 2. The second-order valence-corrected chi connectivity index (χ2v) is 20.9. The highest BCUT2D eigenvalue weighted by Gasteiger charge is 2.33. The van der Waals surface area contributed by atoms with Crippen molar-refractivity contribution < 1.29 is 25.6 Å². The standard InChI is InChI=1S/C21H21Cl2N3O2S2.C19H15Cl2F2N3O2S2/c1-14-6-7-16(12-15(14)2)18-13-29-21(24-18)25-8-10-26(11-9-25)30(27,28)19-5-3-4-17(22)20(19)23;20-13-2-1-3-17(18(13)21)30(27,28)26-8-6-25(7-9-26)19-24-16(11-29-19)12-4-5-14(22)15(23)10-12/h3-7,12-13H,8-11H2,1-2H3;1-5,10-11H,6-9H2. The first kappa shape index (κ1) is 44.6. The first-order valence-corrected chi connectivity index (χ1v) is 24.5. The van der Waals surface area contributed by atoms with Crippen LogP contribution in [-0.4, -0.2) is 87.8 Å². The molecule has 0 saturated carbocycles. The first-order valence-electron chi connectivity index (χ1n) is 18.4. The van der Waals surface area contributed by atoms with Crippen LogP contribution < -0.4 is 9.80 Å². The van der Waals surface area contributed by atoms with E-state index in [1.165, 1.54) is 55.3 Å². The van der Waals surface area contributed by atoms with Crippen LogP contribution in [0.2, 0.25) is 20.1 Å². The summed E-state index contributed by atoms with van der Waals surface area (Å²) in [6.45, 7) is 7.43. The summed E-state index contributed by atoms with van der Waals surface area (Å²) < 4.78 is 81.3. The van der Waals surface area contributed by atoms with E-state index in [0.717, 1.165) is 28.5 Å². The van der Waals surface area contributed by atoms with Crippen LogP contribution >= 0.6 is 69.1 Å². The third-order valence-corrected chi connectivity index (χ3v) is 17.6. The molecule has 10 nitrogen and oxygen atoms in total. The van der Waals surface area contributed by atoms with Gasteiger partial charge in [0, 0.05) is 74.2 Å². The van der Waals surface area contributed by atoms with Gasteiger partial charge in [-0.3, -0.25) is 0 Å². The lowest BCUT2D eigenvalue weighted by atomic mass is 10.1. The number of aromatic nitrogens is 2. The van der Waals surface area contributed by atoms with Crippen LogP contribution in [0.1, 0.15) is 11.1 Å². The minimum Gasteiger partial charge on any atom is -0.345 e. The van der Waals surface area contributed by atoms with Gasteiger partial charge in [-0.15, -0.1) is 22.7 Å². The Morgan fingerprint density at radius 1 is 0.550 bits per heavy atom. The molecule has 0 N–H and O–H groups in total. The zero-order valence-electron chi connectivity index (χ0n) is 32.0. The fraction of sp³-hybridized carbons (Fsp3) is 0.250. The summed E-state index contributed by atoms with van der Waals surface area (Å²) in [5.74, 6) is -1.84. The van der Waals surface area contributed by atoms with E-state index in [-0.39, 0.29) is 43.0 Å². The number of piperazine rings is 2. The molecule has 2 fully saturated rings. The molecule has 6 aromatic rings. The molecule has 60 heavy (non-hydrogen) atoms. The van der Waals surface area contributed by atoms with Gasteiger partial charge in [0.25, 0.3) is 0 Å². The van der Waals surface area contributed by atoms with E-state index in [2.05, 4.69) is 41.9 Å². The number of hydrogen-bond acceptors (Lipinski definition) is 10. The van der Waals surface area contributed by atoms with E-state index in [1.54, 1.807) is 34.9 Å². The van der Waals surface area contributed by atoms with E-state index in [4.69, 9.17) is 51.4 Å². The molecule has 0 unspecified atom stereocenters. The molecule has 2 aromatic heterocycles. The Balaban J connectivity index is 0.000000181. The van der Waals surface area contributed by atoms with Gasteiger partial charge in [0.05, 0.1) is 31.5 Å². The maximum absolute atomic E-state index is 13.5. The Labute approximate surface area is 375 Å². The van der Waals surface area contributed by atoms with Gasteiger partial charge in [0.1, 0.15) is 9.79 Å². The van der Waals surface area contributed by atoms with Crippen LogP contribution in [0, 0.1) is 25.5 Å². The van der Waals surface area contributed by atoms with Crippen LogP contribution in [0.5, 0.6) is 0 Å². The topological polar surface area (TPSA) is 107 Å². The Morgan fingerprint density at radius 2 is 0.983 bits per heavy atom. The molecular weight excluding hydrogens is 937 g/mol. The van der Waals surface area contributed by atoms with E-state index in [9.17, 15) is 25.6 Å². The summed E-state index contributed by atoms with van der Waals surface area (Å²) >= 11 is 27.1. The van der Waals surface area contributed by atoms with Gasteiger partial charge in [-0.1, -0.05) is 70.7 Å². The van der Waals surface area contributed by atoms with Crippen LogP contribution in [0.15, 0.2) is 93.3 Å². The van der Waals surface area contributed by atoms with Crippen molar-refractivity contribution in [2.75, 3.05) is 62.2 Å². The maximum Gasteiger partial charge on any atom is 0.244 e. The molecule has 4 heterocycles. The average Bonchev–Trinajstić information content (AvgIpc) is 3.94. The molecule has 20 heteroatoms. The highest BCUT2D eigenvalue weighted by Crippen LogP contribution is 2.35. The summed E-state index contributed by atoms with van der Waals surface area (Å²) in [6.07, 6.45) is 0. The predicted octanol–water partition coefficient (Wildman–Crippen LogP) is 10.2. The molecule has 0 bridgehead atoms. The molecule has 2 aliphatic rings. The van der Waals surface area contributed by atoms with Crippen molar-refractivity contribution >= 4 is 99.4 Å². The van der Waals surface area contributed by atoms with Gasteiger partial charge >= 0.3 is 0 Å². The van der Waals surface area contributed by atoms with Crippen molar-refractivity contribution in [2.24, 2.45) is 0 Å². The van der Waals surface area contributed by atoms with Crippen molar-refractivity contribution in [1.29, 1.82) is 0 Å². The lowest BCUT2D eigenvalue weighted by Gasteiger charge is -2.34. The lowest BCUT2D eigenvalue weighted by molar-refractivity contribution is 0.384. The summed E-state index contributed by atoms with van der Waals surface area (Å²) in [6, 6.07) is 19.2. The van der Waals surface area contributed by atoms with E-state index in [1.807, 2.05) is 10.3 Å². The molecule has 4 aromatic carbocycles. The van der Waals surface area contributed by atoms with Crippen molar-refractivity contribution in [2.45, 2.75) is 23.6 Å². The Hall–Kier alpha value is -3.42. The second-order valence-electron chi connectivity index (χ2n) is 13.8. The SMILES string of the molecule is Cc1ccc(-c2csc(N3CCN(S(=O)(=O)c4cccc(Cl)c4Cl)CC3)n2)cc1C.O=S(=O)(c1cccc(Cl)c1Cl)N1CCN(c2nc(-c3ccc(F)c(F)c3)cs2)CC1. The molecule has 0 amide bonds. The molecule has 316 valence electrons. The van der Waals surface area contributed by atoms with Crippen LogP contribution in [-0.2, 0) is 20.0 Å². The third kappa shape index (κ3) is 9.48. The molecule has 2 aliphatic heterocycles. The summed E-state index contributed by atoms with van der Waals surface area (Å²) in [4.78, 5) is 13.4. The van der Waals surface area contributed by atoms with Crippen molar-refractivity contribution in [3.63, 3.8) is 0 Å². The van der Waals surface area contributed by atoms with Gasteiger partial charge in [-0.25, -0.2) is 35.6 Å². The van der Waals surface area contributed by atoms with Crippen LogP contribution in [0.4, 0.5) is 19.0 Å². The number of sulfonamides is 2. The monoisotopic (exact) mass is 970 g/mol. The fourth-order valence-corrected chi connectivity index (χ4v) is 12.6. The number of thiazole rings is 2. The molecule has 0 spiro atoms. The molecule has 0 radical (unpaired) electrons. The summed E-state index contributed by atoms with van der Waals surface area (Å²) in [7, 11) is -7.47. The summed E-state index contributed by atoms with van der Waals surface area (Å²) in [5, 5.41) is 5.90. The quantitative estimate of drug-likeness (QED) is 0.149. The number of benzene rings is 4. The normalized spacial score (nSPS) is 15.5. The summed E-state index contributed by atoms with van der Waals surface area (Å²) in [5.41, 5.74) is 5.55. The number of nitrogens with zero attached hydrogens (tertiary/aromatic N) is 6. The number of halogens is 6. The first-order chi connectivity index (χ1) is 28.5. The number of rotatable bonds is 8. The van der Waals surface area contributed by atoms with E-state index < -0.39 is 31.7 Å². The lowest BCUT2D eigenvalue weighted by Crippen LogP contribution is -2.48.